The molecule has 41 heavy (non-hydrogen) atoms. The molecule has 2 saturated heterocycles. The Morgan fingerprint density at radius 2 is 1.63 bits per heavy atom. The number of anilines is 1. The van der Waals surface area contributed by atoms with Crippen molar-refractivity contribution >= 4 is 29.4 Å². The minimum Gasteiger partial charge on any atom is -0.353 e. The molecule has 10 nitrogen and oxygen atoms in total. The number of nitrogens with zero attached hydrogens (tertiary/aromatic N) is 5. The summed E-state index contributed by atoms with van der Waals surface area (Å²) in [6.07, 6.45) is 5.16. The standard InChI is InChI=1S/C31H32N6O4/c1-20-17-32-18-26(33-20)36-15-13-35(14-16-36)19-22-7-5-21(6-8-22)9-10-23-3-2-4-24-28(23)31(41)37(30(24)40)25-11-12-27(38)34-29(25)39/h2-8,17-18,25H,9-16,19H2,1H3,(H,34,38,39). The van der Waals surface area contributed by atoms with Crippen LogP contribution in [0.25, 0.3) is 0 Å². The predicted octanol–water partition coefficient (Wildman–Crippen LogP) is 2.29. The molecule has 1 N–H and O–H groups in total. The molecule has 10 heteroatoms. The maximum atomic E-state index is 13.3. The molecular weight excluding hydrogens is 520 g/mol. The largest absolute Gasteiger partial charge is 0.353 e. The van der Waals surface area contributed by atoms with Crippen LogP contribution in [0.4, 0.5) is 5.82 Å². The van der Waals surface area contributed by atoms with Gasteiger partial charge >= 0.3 is 0 Å². The van der Waals surface area contributed by atoms with Gasteiger partial charge in [-0.1, -0.05) is 36.4 Å². The molecule has 0 saturated carbocycles. The van der Waals surface area contributed by atoms with Crippen molar-refractivity contribution < 1.29 is 19.2 Å². The lowest BCUT2D eigenvalue weighted by molar-refractivity contribution is -0.136. The number of nitrogens with one attached hydrogen (secondary N) is 1. The monoisotopic (exact) mass is 552 g/mol. The number of fused-ring (bicyclic) bond motifs is 1. The number of hydrogen-bond donors (Lipinski definition) is 1. The summed E-state index contributed by atoms with van der Waals surface area (Å²) < 4.78 is 0. The molecular formula is C31H32N6O4. The topological polar surface area (TPSA) is 116 Å². The quantitative estimate of drug-likeness (QED) is 0.444. The highest BCUT2D eigenvalue weighted by atomic mass is 16.2. The third-order valence-corrected chi connectivity index (χ3v) is 8.11. The van der Waals surface area contributed by atoms with Crippen LogP contribution in [0, 0.1) is 6.92 Å². The number of piperazine rings is 1. The summed E-state index contributed by atoms with van der Waals surface area (Å²) in [4.78, 5) is 65.0. The zero-order chi connectivity index (χ0) is 28.5. The second kappa shape index (κ2) is 11.2. The highest BCUT2D eigenvalue weighted by molar-refractivity contribution is 6.24. The average Bonchev–Trinajstić information content (AvgIpc) is 3.23. The number of carbonyl (C=O) groups excluding carboxylic acids is 4. The molecule has 0 spiro atoms. The molecule has 3 aliphatic heterocycles. The van der Waals surface area contributed by atoms with E-state index in [2.05, 4.69) is 49.4 Å². The number of carbonyl (C=O) groups is 4. The van der Waals surface area contributed by atoms with Crippen LogP contribution in [0.5, 0.6) is 0 Å². The first-order chi connectivity index (χ1) is 19.9. The smallest absolute Gasteiger partial charge is 0.262 e. The number of imide groups is 2. The van der Waals surface area contributed by atoms with E-state index in [1.807, 2.05) is 19.2 Å². The van der Waals surface area contributed by atoms with Gasteiger partial charge in [0.1, 0.15) is 11.9 Å². The lowest BCUT2D eigenvalue weighted by Gasteiger charge is -2.35. The fraction of sp³-hybridized carbons (Fsp3) is 0.355. The minimum absolute atomic E-state index is 0.103. The van der Waals surface area contributed by atoms with Crippen LogP contribution in [-0.4, -0.2) is 75.6 Å². The number of aryl methyl sites for hydroxylation is 3. The van der Waals surface area contributed by atoms with Crippen molar-refractivity contribution in [2.75, 3.05) is 31.1 Å². The summed E-state index contributed by atoms with van der Waals surface area (Å²) in [5, 5.41) is 2.24. The molecule has 0 bridgehead atoms. The van der Waals surface area contributed by atoms with Gasteiger partial charge < -0.3 is 4.90 Å². The van der Waals surface area contributed by atoms with Crippen molar-refractivity contribution in [2.45, 2.75) is 45.2 Å². The van der Waals surface area contributed by atoms with Gasteiger partial charge in [-0.05, 0) is 48.9 Å². The molecule has 6 rings (SSSR count). The van der Waals surface area contributed by atoms with Gasteiger partial charge in [0.25, 0.3) is 11.8 Å². The van der Waals surface area contributed by atoms with Crippen LogP contribution in [-0.2, 0) is 29.0 Å². The van der Waals surface area contributed by atoms with E-state index in [0.717, 1.165) is 60.3 Å². The van der Waals surface area contributed by atoms with E-state index in [-0.39, 0.29) is 18.7 Å². The van der Waals surface area contributed by atoms with E-state index in [4.69, 9.17) is 0 Å². The molecule has 1 aromatic heterocycles. The van der Waals surface area contributed by atoms with Crippen molar-refractivity contribution in [2.24, 2.45) is 0 Å². The number of piperidine rings is 1. The van der Waals surface area contributed by atoms with Gasteiger partial charge in [0.05, 0.1) is 23.0 Å². The van der Waals surface area contributed by atoms with E-state index in [1.165, 1.54) is 5.56 Å². The average molecular weight is 553 g/mol. The Morgan fingerprint density at radius 1 is 0.878 bits per heavy atom. The SMILES string of the molecule is Cc1cncc(N2CCN(Cc3ccc(CCc4cccc5c4C(=O)N(C4CCC(=O)NC4=O)C5=O)cc3)CC2)n1. The maximum Gasteiger partial charge on any atom is 0.262 e. The van der Waals surface area contributed by atoms with Crippen LogP contribution in [0.15, 0.2) is 54.9 Å². The van der Waals surface area contributed by atoms with Crippen molar-refractivity contribution in [3.63, 3.8) is 0 Å². The molecule has 2 fully saturated rings. The minimum atomic E-state index is -0.959. The molecule has 4 heterocycles. The molecule has 0 radical (unpaired) electrons. The van der Waals surface area contributed by atoms with Gasteiger partial charge in [-0.15, -0.1) is 0 Å². The first-order valence-electron chi connectivity index (χ1n) is 14.0. The molecule has 3 aromatic rings. The van der Waals surface area contributed by atoms with Gasteiger partial charge in [0.2, 0.25) is 11.8 Å². The Hall–Kier alpha value is -4.44. The van der Waals surface area contributed by atoms with Crippen molar-refractivity contribution in [1.29, 1.82) is 0 Å². The summed E-state index contributed by atoms with van der Waals surface area (Å²) in [6.45, 7) is 6.59. The Bertz CT molecular complexity index is 1510. The molecule has 1 atom stereocenters. The lowest BCUT2D eigenvalue weighted by atomic mass is 9.96. The van der Waals surface area contributed by atoms with E-state index >= 15 is 0 Å². The molecule has 3 aliphatic rings. The van der Waals surface area contributed by atoms with Crippen LogP contribution in [0.2, 0.25) is 0 Å². The van der Waals surface area contributed by atoms with Gasteiger partial charge in [0.15, 0.2) is 0 Å². The van der Waals surface area contributed by atoms with Crippen LogP contribution >= 0.6 is 0 Å². The number of rotatable bonds is 7. The summed E-state index contributed by atoms with van der Waals surface area (Å²) in [5.74, 6) is -0.975. The number of hydrogen-bond acceptors (Lipinski definition) is 8. The number of benzene rings is 2. The third-order valence-electron chi connectivity index (χ3n) is 8.11. The summed E-state index contributed by atoms with van der Waals surface area (Å²) in [6, 6.07) is 12.9. The summed E-state index contributed by atoms with van der Waals surface area (Å²) >= 11 is 0. The van der Waals surface area contributed by atoms with Crippen molar-refractivity contribution in [1.82, 2.24) is 25.1 Å². The van der Waals surface area contributed by atoms with Gasteiger partial charge in [-0.25, -0.2) is 4.98 Å². The summed E-state index contributed by atoms with van der Waals surface area (Å²) in [5.41, 5.74) is 4.80. The van der Waals surface area contributed by atoms with Crippen molar-refractivity contribution in [3.05, 3.63) is 88.4 Å². The predicted molar refractivity (Wildman–Crippen MR) is 151 cm³/mol. The molecule has 2 aromatic carbocycles. The van der Waals surface area contributed by atoms with Gasteiger partial charge in [-0.2, -0.15) is 0 Å². The second-order valence-electron chi connectivity index (χ2n) is 10.9. The highest BCUT2D eigenvalue weighted by Crippen LogP contribution is 2.30. The van der Waals surface area contributed by atoms with E-state index in [0.29, 0.717) is 24.0 Å². The molecule has 210 valence electrons. The normalized spacial score (nSPS) is 19.5. The number of aromatic nitrogens is 2. The molecule has 1 unspecified atom stereocenters. The molecule has 0 aliphatic carbocycles. The van der Waals surface area contributed by atoms with Crippen LogP contribution in [0.3, 0.4) is 0 Å². The second-order valence-corrected chi connectivity index (χ2v) is 10.9. The fourth-order valence-electron chi connectivity index (χ4n) is 5.88. The van der Waals surface area contributed by atoms with Crippen molar-refractivity contribution in [3.8, 4) is 0 Å². The third kappa shape index (κ3) is 5.47. The van der Waals surface area contributed by atoms with E-state index in [9.17, 15) is 19.2 Å². The van der Waals surface area contributed by atoms with Gasteiger partial charge in [-0.3, -0.25) is 39.3 Å². The Balaban J connectivity index is 1.05. The van der Waals surface area contributed by atoms with E-state index in [1.54, 1.807) is 18.3 Å². The number of amides is 4. The maximum absolute atomic E-state index is 13.3. The molecule has 4 amide bonds. The zero-order valence-electron chi connectivity index (χ0n) is 23.0. The first-order valence-corrected chi connectivity index (χ1v) is 14.0. The summed E-state index contributed by atoms with van der Waals surface area (Å²) in [7, 11) is 0. The van der Waals surface area contributed by atoms with Gasteiger partial charge in [0, 0.05) is 45.3 Å². The Morgan fingerprint density at radius 3 is 2.37 bits per heavy atom. The Labute approximate surface area is 238 Å². The zero-order valence-corrected chi connectivity index (χ0v) is 23.0. The lowest BCUT2D eigenvalue weighted by Crippen LogP contribution is -2.54. The first kappa shape index (κ1) is 26.8. The van der Waals surface area contributed by atoms with Crippen LogP contribution in [0.1, 0.15) is 55.9 Å². The fourth-order valence-corrected chi connectivity index (χ4v) is 5.88. The Kier molecular flexibility index (Phi) is 7.32. The van der Waals surface area contributed by atoms with Crippen LogP contribution < -0.4 is 10.2 Å². The highest BCUT2D eigenvalue weighted by Gasteiger charge is 2.45. The van der Waals surface area contributed by atoms with E-state index < -0.39 is 23.8 Å².